The van der Waals surface area contributed by atoms with Gasteiger partial charge in [0.1, 0.15) is 0 Å². The Kier molecular flexibility index (Phi) is 3.66. The number of amides is 1. The van der Waals surface area contributed by atoms with Gasteiger partial charge in [-0.3, -0.25) is 4.79 Å². The average Bonchev–Trinajstić information content (AvgIpc) is 2.90. The lowest BCUT2D eigenvalue weighted by Gasteiger charge is -2.32. The topological polar surface area (TPSA) is 72.9 Å². The van der Waals surface area contributed by atoms with Gasteiger partial charge in [0, 0.05) is 31.4 Å². The minimum absolute atomic E-state index is 0.0448. The third-order valence-corrected chi connectivity index (χ3v) is 3.60. The van der Waals surface area contributed by atoms with Crippen LogP contribution in [-0.4, -0.2) is 52.8 Å². The van der Waals surface area contributed by atoms with Gasteiger partial charge in [0.15, 0.2) is 0 Å². The van der Waals surface area contributed by atoms with Crippen molar-refractivity contribution in [3.05, 3.63) is 36.2 Å². The summed E-state index contributed by atoms with van der Waals surface area (Å²) in [6.45, 7) is 2.21. The van der Waals surface area contributed by atoms with E-state index in [0.717, 1.165) is 11.1 Å². The number of carbonyl (C=O) groups excluding carboxylic acids is 1. The summed E-state index contributed by atoms with van der Waals surface area (Å²) in [5.41, 5.74) is 7.53. The lowest BCUT2D eigenvalue weighted by molar-refractivity contribution is -0.137. The Morgan fingerprint density at radius 3 is 3.25 bits per heavy atom. The predicted molar refractivity (Wildman–Crippen MR) is 74.3 cm³/mol. The van der Waals surface area contributed by atoms with Crippen molar-refractivity contribution in [1.82, 2.24) is 14.5 Å². The first kappa shape index (κ1) is 13.1. The Morgan fingerprint density at radius 2 is 2.40 bits per heavy atom. The van der Waals surface area contributed by atoms with Crippen LogP contribution in [-0.2, 0) is 16.0 Å². The van der Waals surface area contributed by atoms with Gasteiger partial charge in [-0.05, 0) is 12.1 Å². The maximum absolute atomic E-state index is 12.4. The number of pyridine rings is 1. The van der Waals surface area contributed by atoms with E-state index >= 15 is 0 Å². The van der Waals surface area contributed by atoms with Crippen LogP contribution in [0, 0.1) is 0 Å². The molecule has 0 bridgehead atoms. The van der Waals surface area contributed by atoms with Crippen molar-refractivity contribution in [2.75, 3.05) is 26.2 Å². The largest absolute Gasteiger partial charge is 0.373 e. The summed E-state index contributed by atoms with van der Waals surface area (Å²) in [6.07, 6.45) is 3.96. The van der Waals surface area contributed by atoms with Gasteiger partial charge in [-0.2, -0.15) is 5.10 Å². The van der Waals surface area contributed by atoms with E-state index in [2.05, 4.69) is 5.10 Å². The summed E-state index contributed by atoms with van der Waals surface area (Å²) in [7, 11) is 0. The fourth-order valence-electron chi connectivity index (χ4n) is 2.49. The molecule has 3 heterocycles. The summed E-state index contributed by atoms with van der Waals surface area (Å²) in [5, 5.41) is 4.25. The quantitative estimate of drug-likeness (QED) is 0.859. The normalized spacial score (nSPS) is 19.4. The van der Waals surface area contributed by atoms with E-state index in [1.165, 1.54) is 0 Å². The molecule has 1 saturated heterocycles. The molecule has 2 aromatic heterocycles. The molecule has 2 N–H and O–H groups in total. The van der Waals surface area contributed by atoms with Gasteiger partial charge in [0.25, 0.3) is 0 Å². The number of nitrogens with two attached hydrogens (primary N) is 1. The van der Waals surface area contributed by atoms with E-state index in [9.17, 15) is 4.79 Å². The van der Waals surface area contributed by atoms with Gasteiger partial charge in [-0.1, -0.05) is 6.07 Å². The maximum Gasteiger partial charge on any atom is 0.227 e. The highest BCUT2D eigenvalue weighted by molar-refractivity contribution is 5.81. The molecule has 1 aliphatic heterocycles. The zero-order valence-corrected chi connectivity index (χ0v) is 11.2. The first-order valence-electron chi connectivity index (χ1n) is 6.78. The molecule has 0 aromatic carbocycles. The maximum atomic E-state index is 12.4. The van der Waals surface area contributed by atoms with E-state index in [-0.39, 0.29) is 12.0 Å². The number of fused-ring (bicyclic) bond motifs is 1. The van der Waals surface area contributed by atoms with E-state index in [1.807, 2.05) is 29.3 Å². The third kappa shape index (κ3) is 2.52. The monoisotopic (exact) mass is 274 g/mol. The van der Waals surface area contributed by atoms with Gasteiger partial charge in [-0.15, -0.1) is 0 Å². The SMILES string of the molecule is NCC1CN(C(=O)Cc2cnn3ccccc23)CCO1. The van der Waals surface area contributed by atoms with Crippen LogP contribution in [0.3, 0.4) is 0 Å². The van der Waals surface area contributed by atoms with Crippen molar-refractivity contribution < 1.29 is 9.53 Å². The number of morpholine rings is 1. The minimum atomic E-state index is -0.0448. The van der Waals surface area contributed by atoms with Crippen molar-refractivity contribution in [2.24, 2.45) is 5.73 Å². The van der Waals surface area contributed by atoms with Crippen LogP contribution in [0.15, 0.2) is 30.6 Å². The summed E-state index contributed by atoms with van der Waals surface area (Å²) in [5.74, 6) is 0.102. The summed E-state index contributed by atoms with van der Waals surface area (Å²) in [4.78, 5) is 14.2. The van der Waals surface area contributed by atoms with Gasteiger partial charge in [0.2, 0.25) is 5.91 Å². The molecule has 3 rings (SSSR count). The molecule has 6 heteroatoms. The average molecular weight is 274 g/mol. The Hall–Kier alpha value is -1.92. The highest BCUT2D eigenvalue weighted by Crippen LogP contribution is 2.13. The Balaban J connectivity index is 1.72. The van der Waals surface area contributed by atoms with E-state index in [4.69, 9.17) is 10.5 Å². The molecule has 1 unspecified atom stereocenters. The fourth-order valence-corrected chi connectivity index (χ4v) is 2.49. The number of hydrogen-bond acceptors (Lipinski definition) is 4. The highest BCUT2D eigenvalue weighted by atomic mass is 16.5. The minimum Gasteiger partial charge on any atom is -0.373 e. The molecule has 0 saturated carbocycles. The Morgan fingerprint density at radius 1 is 1.50 bits per heavy atom. The van der Waals surface area contributed by atoms with Crippen molar-refractivity contribution in [2.45, 2.75) is 12.5 Å². The molecule has 0 spiro atoms. The molecule has 0 radical (unpaired) electrons. The van der Waals surface area contributed by atoms with E-state index in [0.29, 0.717) is 32.7 Å². The molecule has 1 fully saturated rings. The summed E-state index contributed by atoms with van der Waals surface area (Å²) in [6, 6.07) is 5.83. The standard InChI is InChI=1S/C14H18N4O2/c15-8-12-10-17(5-6-20-12)14(19)7-11-9-16-18-4-2-1-3-13(11)18/h1-4,9,12H,5-8,10,15H2. The fraction of sp³-hybridized carbons (Fsp3) is 0.429. The van der Waals surface area contributed by atoms with Crippen LogP contribution in [0.4, 0.5) is 0 Å². The van der Waals surface area contributed by atoms with Crippen LogP contribution in [0.25, 0.3) is 5.52 Å². The lowest BCUT2D eigenvalue weighted by Crippen LogP contribution is -2.48. The zero-order valence-electron chi connectivity index (χ0n) is 11.2. The lowest BCUT2D eigenvalue weighted by atomic mass is 10.1. The molecular formula is C14H18N4O2. The zero-order chi connectivity index (χ0) is 13.9. The number of hydrogen-bond donors (Lipinski definition) is 1. The molecule has 2 aromatic rings. The molecule has 1 atom stereocenters. The predicted octanol–water partition coefficient (Wildman–Crippen LogP) is 0.0629. The molecular weight excluding hydrogens is 256 g/mol. The van der Waals surface area contributed by atoms with Crippen molar-refractivity contribution in [3.63, 3.8) is 0 Å². The third-order valence-electron chi connectivity index (χ3n) is 3.60. The van der Waals surface area contributed by atoms with Crippen LogP contribution in [0.5, 0.6) is 0 Å². The smallest absolute Gasteiger partial charge is 0.227 e. The van der Waals surface area contributed by atoms with E-state index < -0.39 is 0 Å². The van der Waals surface area contributed by atoms with Crippen LogP contribution in [0.2, 0.25) is 0 Å². The van der Waals surface area contributed by atoms with Crippen LogP contribution < -0.4 is 5.73 Å². The molecule has 20 heavy (non-hydrogen) atoms. The summed E-state index contributed by atoms with van der Waals surface area (Å²) < 4.78 is 7.26. The Bertz CT molecular complexity index is 610. The van der Waals surface area contributed by atoms with Gasteiger partial charge >= 0.3 is 0 Å². The van der Waals surface area contributed by atoms with Crippen LogP contribution in [0.1, 0.15) is 5.56 Å². The molecule has 0 aliphatic carbocycles. The number of carbonyl (C=O) groups is 1. The second-order valence-corrected chi connectivity index (χ2v) is 4.95. The van der Waals surface area contributed by atoms with Gasteiger partial charge in [-0.25, -0.2) is 4.52 Å². The van der Waals surface area contributed by atoms with Gasteiger partial charge < -0.3 is 15.4 Å². The van der Waals surface area contributed by atoms with Crippen molar-refractivity contribution in [3.8, 4) is 0 Å². The highest BCUT2D eigenvalue weighted by Gasteiger charge is 2.23. The molecule has 1 amide bonds. The van der Waals surface area contributed by atoms with E-state index in [1.54, 1.807) is 10.7 Å². The van der Waals surface area contributed by atoms with Crippen molar-refractivity contribution >= 4 is 11.4 Å². The number of ether oxygens (including phenoxy) is 1. The molecule has 1 aliphatic rings. The summed E-state index contributed by atoms with van der Waals surface area (Å²) >= 11 is 0. The molecule has 106 valence electrons. The number of rotatable bonds is 3. The van der Waals surface area contributed by atoms with Crippen molar-refractivity contribution in [1.29, 1.82) is 0 Å². The van der Waals surface area contributed by atoms with Crippen LogP contribution >= 0.6 is 0 Å². The molecule has 6 nitrogen and oxygen atoms in total. The number of nitrogens with zero attached hydrogens (tertiary/aromatic N) is 3. The Labute approximate surface area is 117 Å². The first-order chi connectivity index (χ1) is 9.78. The second kappa shape index (κ2) is 5.60. The van der Waals surface area contributed by atoms with Gasteiger partial charge in [0.05, 0.1) is 30.8 Å². The first-order valence-corrected chi connectivity index (χ1v) is 6.78. The second-order valence-electron chi connectivity index (χ2n) is 4.95. The number of aromatic nitrogens is 2.